The molecule has 5 nitrogen and oxygen atoms in total. The van der Waals surface area contributed by atoms with E-state index >= 15 is 0 Å². The zero-order valence-corrected chi connectivity index (χ0v) is 14.2. The molecule has 1 unspecified atom stereocenters. The normalized spacial score (nSPS) is 19.9. The van der Waals surface area contributed by atoms with E-state index < -0.39 is 0 Å². The van der Waals surface area contributed by atoms with Gasteiger partial charge in [0.2, 0.25) is 5.91 Å². The van der Waals surface area contributed by atoms with Crippen molar-refractivity contribution in [3.63, 3.8) is 0 Å². The predicted molar refractivity (Wildman–Crippen MR) is 90.8 cm³/mol. The summed E-state index contributed by atoms with van der Waals surface area (Å²) in [6, 6.07) is 4.85. The number of nitrogens with zero attached hydrogens (tertiary/aromatic N) is 2. The van der Waals surface area contributed by atoms with Crippen molar-refractivity contribution in [3.05, 3.63) is 29.6 Å². The van der Waals surface area contributed by atoms with Crippen LogP contribution in [0.25, 0.3) is 0 Å². The second-order valence-corrected chi connectivity index (χ2v) is 6.70. The Hall–Kier alpha value is -1.95. The standard InChI is InChI=1S/C18H24FN3O2/c1-12(18(24)20-15-4-5-15)21-7-9-22(10-8-21)17-6-3-14(13(2)23)11-16(17)19/h3,6,11-12,15H,4-5,7-10H2,1-2H3,(H,20,24). The molecule has 1 atom stereocenters. The highest BCUT2D eigenvalue weighted by molar-refractivity contribution is 5.94. The number of hydrogen-bond donors (Lipinski definition) is 1. The zero-order valence-electron chi connectivity index (χ0n) is 14.2. The number of rotatable bonds is 5. The Morgan fingerprint density at radius 3 is 2.42 bits per heavy atom. The summed E-state index contributed by atoms with van der Waals surface area (Å²) in [7, 11) is 0. The average Bonchev–Trinajstić information content (AvgIpc) is 3.38. The first-order valence-corrected chi connectivity index (χ1v) is 8.55. The number of nitrogens with one attached hydrogen (secondary N) is 1. The van der Waals surface area contributed by atoms with Gasteiger partial charge in [-0.1, -0.05) is 0 Å². The van der Waals surface area contributed by atoms with Crippen molar-refractivity contribution in [3.8, 4) is 0 Å². The number of amides is 1. The van der Waals surface area contributed by atoms with Crippen molar-refractivity contribution in [2.45, 2.75) is 38.8 Å². The van der Waals surface area contributed by atoms with Crippen LogP contribution in [0.15, 0.2) is 18.2 Å². The molecule has 24 heavy (non-hydrogen) atoms. The molecule has 0 bridgehead atoms. The number of carbonyl (C=O) groups is 2. The van der Waals surface area contributed by atoms with Crippen molar-refractivity contribution >= 4 is 17.4 Å². The van der Waals surface area contributed by atoms with E-state index in [0.717, 1.165) is 12.8 Å². The molecule has 1 aromatic rings. The Balaban J connectivity index is 1.58. The maximum atomic E-state index is 14.3. The molecule has 130 valence electrons. The van der Waals surface area contributed by atoms with E-state index in [2.05, 4.69) is 10.2 Å². The molecule has 3 rings (SSSR count). The van der Waals surface area contributed by atoms with Gasteiger partial charge in [0.15, 0.2) is 5.78 Å². The third-order valence-corrected chi connectivity index (χ3v) is 4.86. The van der Waals surface area contributed by atoms with Crippen LogP contribution < -0.4 is 10.2 Å². The first-order valence-electron chi connectivity index (χ1n) is 8.55. The lowest BCUT2D eigenvalue weighted by molar-refractivity contribution is -0.126. The van der Waals surface area contributed by atoms with Crippen molar-refractivity contribution in [1.29, 1.82) is 0 Å². The molecule has 1 aliphatic carbocycles. The quantitative estimate of drug-likeness (QED) is 0.835. The van der Waals surface area contributed by atoms with E-state index in [9.17, 15) is 14.0 Å². The topological polar surface area (TPSA) is 52.7 Å². The van der Waals surface area contributed by atoms with Crippen LogP contribution in [0.2, 0.25) is 0 Å². The van der Waals surface area contributed by atoms with Crippen LogP contribution in [0.4, 0.5) is 10.1 Å². The number of ketones is 1. The third kappa shape index (κ3) is 3.75. The molecule has 1 aliphatic heterocycles. The fourth-order valence-electron chi connectivity index (χ4n) is 3.05. The molecule has 2 fully saturated rings. The SMILES string of the molecule is CC(=O)c1ccc(N2CCN(C(C)C(=O)NC3CC3)CC2)c(F)c1. The second-order valence-electron chi connectivity index (χ2n) is 6.70. The Morgan fingerprint density at radius 2 is 1.88 bits per heavy atom. The van der Waals surface area contributed by atoms with Crippen LogP contribution in [0, 0.1) is 5.82 Å². The summed E-state index contributed by atoms with van der Waals surface area (Å²) in [6.45, 7) is 6.12. The number of piperazine rings is 1. The van der Waals surface area contributed by atoms with Gasteiger partial charge in [0.05, 0.1) is 11.7 Å². The Labute approximate surface area is 141 Å². The molecule has 1 saturated heterocycles. The van der Waals surface area contributed by atoms with Crippen LogP contribution in [-0.2, 0) is 4.79 Å². The highest BCUT2D eigenvalue weighted by atomic mass is 19.1. The molecular formula is C18H24FN3O2. The summed E-state index contributed by atoms with van der Waals surface area (Å²) in [4.78, 5) is 27.6. The van der Waals surface area contributed by atoms with Crippen LogP contribution in [-0.4, -0.2) is 54.9 Å². The lowest BCUT2D eigenvalue weighted by Crippen LogP contribution is -2.54. The van der Waals surface area contributed by atoms with Gasteiger partial charge in [-0.15, -0.1) is 0 Å². The fourth-order valence-corrected chi connectivity index (χ4v) is 3.05. The van der Waals surface area contributed by atoms with E-state index in [1.807, 2.05) is 11.8 Å². The fraction of sp³-hybridized carbons (Fsp3) is 0.556. The van der Waals surface area contributed by atoms with E-state index in [-0.39, 0.29) is 23.5 Å². The minimum Gasteiger partial charge on any atom is -0.367 e. The van der Waals surface area contributed by atoms with Crippen LogP contribution in [0.3, 0.4) is 0 Å². The molecule has 0 spiro atoms. The number of hydrogen-bond acceptors (Lipinski definition) is 4. The molecule has 6 heteroatoms. The number of carbonyl (C=O) groups excluding carboxylic acids is 2. The van der Waals surface area contributed by atoms with Gasteiger partial charge in [0.1, 0.15) is 5.82 Å². The highest BCUT2D eigenvalue weighted by Crippen LogP contribution is 2.23. The highest BCUT2D eigenvalue weighted by Gasteiger charge is 2.30. The number of benzene rings is 1. The van der Waals surface area contributed by atoms with E-state index in [0.29, 0.717) is 43.5 Å². The molecule has 0 aromatic heterocycles. The molecule has 2 aliphatic rings. The van der Waals surface area contributed by atoms with Crippen LogP contribution in [0.5, 0.6) is 0 Å². The molecule has 1 heterocycles. The summed E-state index contributed by atoms with van der Waals surface area (Å²) in [5.74, 6) is -0.417. The lowest BCUT2D eigenvalue weighted by atomic mass is 10.1. The van der Waals surface area contributed by atoms with Gasteiger partial charge in [-0.25, -0.2) is 4.39 Å². The summed E-state index contributed by atoms with van der Waals surface area (Å²) >= 11 is 0. The Morgan fingerprint density at radius 1 is 1.21 bits per heavy atom. The van der Waals surface area contributed by atoms with Gasteiger partial charge < -0.3 is 10.2 Å². The van der Waals surface area contributed by atoms with E-state index in [1.54, 1.807) is 12.1 Å². The Kier molecular flexibility index (Phi) is 4.85. The minimum absolute atomic E-state index is 0.0861. The second kappa shape index (κ2) is 6.89. The lowest BCUT2D eigenvalue weighted by Gasteiger charge is -2.38. The smallest absolute Gasteiger partial charge is 0.237 e. The van der Waals surface area contributed by atoms with Crippen molar-refractivity contribution in [2.24, 2.45) is 0 Å². The van der Waals surface area contributed by atoms with Crippen LogP contribution >= 0.6 is 0 Å². The summed E-state index contributed by atoms with van der Waals surface area (Å²) in [5.41, 5.74) is 0.912. The van der Waals surface area contributed by atoms with Gasteiger partial charge in [-0.05, 0) is 44.9 Å². The monoisotopic (exact) mass is 333 g/mol. The predicted octanol–water partition coefficient (Wildman–Crippen LogP) is 1.82. The molecule has 1 N–H and O–H groups in total. The largest absolute Gasteiger partial charge is 0.367 e. The summed E-state index contributed by atoms with van der Waals surface area (Å²) in [5, 5.41) is 3.03. The van der Waals surface area contributed by atoms with Gasteiger partial charge in [-0.2, -0.15) is 0 Å². The van der Waals surface area contributed by atoms with Crippen molar-refractivity contribution in [2.75, 3.05) is 31.1 Å². The zero-order chi connectivity index (χ0) is 17.3. The van der Waals surface area contributed by atoms with Gasteiger partial charge >= 0.3 is 0 Å². The summed E-state index contributed by atoms with van der Waals surface area (Å²) < 4.78 is 14.3. The van der Waals surface area contributed by atoms with E-state index in [1.165, 1.54) is 13.0 Å². The first-order chi connectivity index (χ1) is 11.5. The third-order valence-electron chi connectivity index (χ3n) is 4.86. The molecular weight excluding hydrogens is 309 g/mol. The molecule has 1 amide bonds. The van der Waals surface area contributed by atoms with Crippen molar-refractivity contribution < 1.29 is 14.0 Å². The van der Waals surface area contributed by atoms with Gasteiger partial charge in [-0.3, -0.25) is 14.5 Å². The first kappa shape index (κ1) is 16.9. The van der Waals surface area contributed by atoms with E-state index in [4.69, 9.17) is 0 Å². The van der Waals surface area contributed by atoms with Crippen molar-refractivity contribution in [1.82, 2.24) is 10.2 Å². The number of halogens is 1. The molecule has 1 aromatic carbocycles. The van der Waals surface area contributed by atoms with Gasteiger partial charge in [0, 0.05) is 37.8 Å². The maximum Gasteiger partial charge on any atom is 0.237 e. The van der Waals surface area contributed by atoms with Gasteiger partial charge in [0.25, 0.3) is 0 Å². The van der Waals surface area contributed by atoms with Crippen LogP contribution in [0.1, 0.15) is 37.0 Å². The Bertz CT molecular complexity index is 637. The molecule has 1 saturated carbocycles. The number of anilines is 1. The summed E-state index contributed by atoms with van der Waals surface area (Å²) in [6.07, 6.45) is 2.17. The minimum atomic E-state index is -0.365. The number of Topliss-reactive ketones (excluding diaryl/α,β-unsaturated/α-hetero) is 1. The average molecular weight is 333 g/mol. The molecule has 0 radical (unpaired) electrons. The maximum absolute atomic E-state index is 14.3.